The highest BCUT2D eigenvalue weighted by Crippen LogP contribution is 2.27. The van der Waals surface area contributed by atoms with Gasteiger partial charge in [-0.25, -0.2) is 0 Å². The van der Waals surface area contributed by atoms with E-state index < -0.39 is 6.04 Å². The number of rotatable bonds is 7. The van der Waals surface area contributed by atoms with Gasteiger partial charge in [-0.15, -0.1) is 12.4 Å². The predicted octanol–water partition coefficient (Wildman–Crippen LogP) is 3.11. The van der Waals surface area contributed by atoms with E-state index in [2.05, 4.69) is 28.8 Å². The fourth-order valence-corrected chi connectivity index (χ4v) is 3.59. The van der Waals surface area contributed by atoms with Gasteiger partial charge in [0.2, 0.25) is 11.8 Å². The van der Waals surface area contributed by atoms with Gasteiger partial charge in [-0.3, -0.25) is 9.59 Å². The van der Waals surface area contributed by atoms with Crippen molar-refractivity contribution in [3.63, 3.8) is 0 Å². The van der Waals surface area contributed by atoms with Crippen LogP contribution in [0.3, 0.4) is 0 Å². The Morgan fingerprint density at radius 3 is 2.55 bits per heavy atom. The van der Waals surface area contributed by atoms with Gasteiger partial charge in [-0.05, 0) is 56.8 Å². The minimum atomic E-state index is -0.493. The number of likely N-dealkylation sites (N-methyl/N-ethyl adjacent to an activating group) is 1. The molecule has 3 rings (SSSR count). The topological polar surface area (TPSA) is 61.4 Å². The molecule has 0 fully saturated rings. The van der Waals surface area contributed by atoms with Crippen molar-refractivity contribution in [1.82, 2.24) is 10.6 Å². The molecule has 2 aromatic rings. The number of amides is 2. The number of carbonyl (C=O) groups is 2. The molecule has 0 saturated heterocycles. The van der Waals surface area contributed by atoms with Crippen LogP contribution in [0.15, 0.2) is 54.6 Å². The summed E-state index contributed by atoms with van der Waals surface area (Å²) in [5, 5.41) is 5.87. The lowest BCUT2D eigenvalue weighted by atomic mass is 10.1. The summed E-state index contributed by atoms with van der Waals surface area (Å²) in [6.45, 7) is 2.43. The number of para-hydroxylation sites is 1. The third-order valence-corrected chi connectivity index (χ3v) is 5.38. The van der Waals surface area contributed by atoms with Gasteiger partial charge in [0.15, 0.2) is 0 Å². The Morgan fingerprint density at radius 2 is 1.83 bits per heavy atom. The number of halogens is 1. The lowest BCUT2D eigenvalue weighted by Crippen LogP contribution is -2.52. The maximum atomic E-state index is 13.3. The van der Waals surface area contributed by atoms with Crippen molar-refractivity contribution in [2.45, 2.75) is 44.7 Å². The Bertz CT molecular complexity index is 813. The van der Waals surface area contributed by atoms with Crippen LogP contribution >= 0.6 is 12.4 Å². The second-order valence-electron chi connectivity index (χ2n) is 7.32. The summed E-state index contributed by atoms with van der Waals surface area (Å²) in [5.74, 6) is -0.161. The van der Waals surface area contributed by atoms with Crippen molar-refractivity contribution in [1.29, 1.82) is 0 Å². The van der Waals surface area contributed by atoms with Gasteiger partial charge in [-0.1, -0.05) is 48.5 Å². The molecule has 1 aliphatic heterocycles. The number of carbonyl (C=O) groups excluding carboxylic acids is 2. The maximum absolute atomic E-state index is 13.3. The van der Waals surface area contributed by atoms with Crippen molar-refractivity contribution in [3.8, 4) is 0 Å². The highest BCUT2D eigenvalue weighted by molar-refractivity contribution is 6.00. The van der Waals surface area contributed by atoms with Gasteiger partial charge in [0.25, 0.3) is 0 Å². The normalized spacial score (nSPS) is 17.0. The molecule has 5 nitrogen and oxygen atoms in total. The van der Waals surface area contributed by atoms with Gasteiger partial charge in [-0.2, -0.15) is 0 Å². The monoisotopic (exact) mass is 415 g/mol. The SMILES string of the molecule is CNC(C)C(=O)NC1CCc2ccccc2N(CCCc2ccccc2)C1=O.Cl. The largest absolute Gasteiger partial charge is 0.343 e. The minimum Gasteiger partial charge on any atom is -0.343 e. The summed E-state index contributed by atoms with van der Waals surface area (Å²) in [5.41, 5.74) is 3.40. The van der Waals surface area contributed by atoms with Crippen LogP contribution in [-0.4, -0.2) is 37.5 Å². The molecule has 0 bridgehead atoms. The van der Waals surface area contributed by atoms with E-state index in [9.17, 15) is 9.59 Å². The Hall–Kier alpha value is -2.37. The smallest absolute Gasteiger partial charge is 0.249 e. The molecule has 29 heavy (non-hydrogen) atoms. The standard InChI is InChI=1S/C23H29N3O2.ClH/c1-17(24-2)22(27)25-20-15-14-19-12-6-7-13-21(19)26(23(20)28)16-8-11-18-9-4-3-5-10-18;/h3-7,9-10,12-13,17,20,24H,8,11,14-16H2,1-2H3,(H,25,27);1H. The number of hydrogen-bond donors (Lipinski definition) is 2. The first-order valence-corrected chi connectivity index (χ1v) is 10.0. The molecule has 2 atom stereocenters. The number of anilines is 1. The second kappa shape index (κ2) is 11.0. The summed E-state index contributed by atoms with van der Waals surface area (Å²) >= 11 is 0. The van der Waals surface area contributed by atoms with Crippen LogP contribution in [0.4, 0.5) is 5.69 Å². The van der Waals surface area contributed by atoms with E-state index in [1.807, 2.05) is 41.3 Å². The summed E-state index contributed by atoms with van der Waals surface area (Å²) in [4.78, 5) is 27.5. The van der Waals surface area contributed by atoms with E-state index in [1.165, 1.54) is 5.56 Å². The molecule has 2 N–H and O–H groups in total. The average Bonchev–Trinajstić information content (AvgIpc) is 2.86. The molecule has 0 spiro atoms. The molecular weight excluding hydrogens is 386 g/mol. The van der Waals surface area contributed by atoms with Gasteiger partial charge < -0.3 is 15.5 Å². The van der Waals surface area contributed by atoms with Crippen LogP contribution in [0.25, 0.3) is 0 Å². The number of nitrogens with one attached hydrogen (secondary N) is 2. The number of aryl methyl sites for hydroxylation is 2. The zero-order valence-corrected chi connectivity index (χ0v) is 17.9. The van der Waals surface area contributed by atoms with Crippen LogP contribution in [0.1, 0.15) is 30.9 Å². The van der Waals surface area contributed by atoms with Crippen molar-refractivity contribution in [2.24, 2.45) is 0 Å². The van der Waals surface area contributed by atoms with Crippen molar-refractivity contribution >= 4 is 29.9 Å². The zero-order valence-electron chi connectivity index (χ0n) is 17.1. The fourth-order valence-electron chi connectivity index (χ4n) is 3.59. The Balaban J connectivity index is 0.00000300. The zero-order chi connectivity index (χ0) is 19.9. The second-order valence-corrected chi connectivity index (χ2v) is 7.32. The molecule has 0 saturated carbocycles. The Kier molecular flexibility index (Phi) is 8.68. The first kappa shape index (κ1) is 22.9. The van der Waals surface area contributed by atoms with Crippen LogP contribution in [-0.2, 0) is 22.4 Å². The first-order chi connectivity index (χ1) is 13.6. The maximum Gasteiger partial charge on any atom is 0.249 e. The Morgan fingerprint density at radius 1 is 1.14 bits per heavy atom. The van der Waals surface area contributed by atoms with Gasteiger partial charge in [0, 0.05) is 12.2 Å². The lowest BCUT2D eigenvalue weighted by Gasteiger charge is -2.27. The molecule has 2 amide bonds. The van der Waals surface area contributed by atoms with Crippen LogP contribution in [0, 0.1) is 0 Å². The van der Waals surface area contributed by atoms with Crippen molar-refractivity contribution < 1.29 is 9.59 Å². The van der Waals surface area contributed by atoms with Gasteiger partial charge in [0.1, 0.15) is 6.04 Å². The molecule has 2 unspecified atom stereocenters. The van der Waals surface area contributed by atoms with E-state index >= 15 is 0 Å². The van der Waals surface area contributed by atoms with Crippen molar-refractivity contribution in [2.75, 3.05) is 18.5 Å². The summed E-state index contributed by atoms with van der Waals surface area (Å²) < 4.78 is 0. The van der Waals surface area contributed by atoms with E-state index in [0.29, 0.717) is 13.0 Å². The van der Waals surface area contributed by atoms with Crippen LogP contribution in [0.2, 0.25) is 0 Å². The van der Waals surface area contributed by atoms with E-state index in [0.717, 1.165) is 30.5 Å². The van der Waals surface area contributed by atoms with E-state index in [-0.39, 0.29) is 30.3 Å². The minimum absolute atomic E-state index is 0. The van der Waals surface area contributed by atoms with Crippen LogP contribution < -0.4 is 15.5 Å². The number of fused-ring (bicyclic) bond motifs is 1. The highest BCUT2D eigenvalue weighted by atomic mass is 35.5. The molecule has 1 aliphatic rings. The third kappa shape index (κ3) is 5.81. The third-order valence-electron chi connectivity index (χ3n) is 5.38. The number of benzene rings is 2. The molecule has 0 radical (unpaired) electrons. The molecular formula is C23H30ClN3O2. The first-order valence-electron chi connectivity index (χ1n) is 10.0. The van der Waals surface area contributed by atoms with E-state index in [4.69, 9.17) is 0 Å². The molecule has 156 valence electrons. The van der Waals surface area contributed by atoms with Gasteiger partial charge >= 0.3 is 0 Å². The van der Waals surface area contributed by atoms with Crippen LogP contribution in [0.5, 0.6) is 0 Å². The highest BCUT2D eigenvalue weighted by Gasteiger charge is 2.31. The quantitative estimate of drug-likeness (QED) is 0.730. The average molecular weight is 416 g/mol. The molecule has 0 aliphatic carbocycles. The van der Waals surface area contributed by atoms with E-state index in [1.54, 1.807) is 14.0 Å². The fraction of sp³-hybridized carbons (Fsp3) is 0.391. The van der Waals surface area contributed by atoms with Crippen molar-refractivity contribution in [3.05, 3.63) is 65.7 Å². The lowest BCUT2D eigenvalue weighted by molar-refractivity contribution is -0.128. The molecule has 0 aromatic heterocycles. The summed E-state index contributed by atoms with van der Waals surface area (Å²) in [6.07, 6.45) is 3.18. The molecule has 2 aromatic carbocycles. The summed E-state index contributed by atoms with van der Waals surface area (Å²) in [7, 11) is 1.74. The predicted molar refractivity (Wildman–Crippen MR) is 120 cm³/mol. The number of hydrogen-bond acceptors (Lipinski definition) is 3. The summed E-state index contributed by atoms with van der Waals surface area (Å²) in [6, 6.07) is 17.6. The Labute approximate surface area is 179 Å². The molecule has 1 heterocycles. The molecule has 6 heteroatoms. The number of nitrogens with zero attached hydrogens (tertiary/aromatic N) is 1. The van der Waals surface area contributed by atoms with Gasteiger partial charge in [0.05, 0.1) is 6.04 Å².